The molecule has 11 rings (SSSR count). The van der Waals surface area contributed by atoms with Crippen LogP contribution in [0.1, 0.15) is 0 Å². The van der Waals surface area contributed by atoms with Crippen LogP contribution in [-0.4, -0.2) is 14.5 Å². The molecule has 0 aliphatic heterocycles. The van der Waals surface area contributed by atoms with Gasteiger partial charge in [0.25, 0.3) is 0 Å². The fraction of sp³-hybridized carbons (Fsp3) is 0. The Morgan fingerprint density at radius 3 is 2.15 bits per heavy atom. The normalized spacial score (nSPS) is 12.3. The molecule has 0 aliphatic rings. The van der Waals surface area contributed by atoms with E-state index in [1.807, 2.05) is 6.07 Å². The van der Waals surface area contributed by atoms with Crippen LogP contribution < -0.4 is 0 Å². The summed E-state index contributed by atoms with van der Waals surface area (Å²) in [6.45, 7) is 0. The van der Waals surface area contributed by atoms with Crippen molar-refractivity contribution in [2.45, 2.75) is 0 Å². The van der Waals surface area contributed by atoms with E-state index in [1.165, 1.54) is 15.5 Å². The number of benzene rings is 7. The lowest BCUT2D eigenvalue weighted by Gasteiger charge is -2.12. The van der Waals surface area contributed by atoms with E-state index in [0.29, 0.717) is 5.95 Å². The molecule has 0 bridgehead atoms. The Morgan fingerprint density at radius 2 is 1.26 bits per heavy atom. The number of nitrogens with zero attached hydrogens (tertiary/aromatic N) is 3. The molecule has 218 valence electrons. The number of hydrogen-bond donors (Lipinski definition) is 0. The number of rotatable bonds is 2. The molecule has 4 aromatic heterocycles. The molecule has 0 N–H and O–H groups in total. The number of aromatic nitrogens is 3. The first-order chi connectivity index (χ1) is 23.3. The maximum Gasteiger partial charge on any atom is 0.235 e. The van der Waals surface area contributed by atoms with Crippen molar-refractivity contribution in [3.63, 3.8) is 0 Å². The maximum absolute atomic E-state index is 6.61. The first-order valence-electron chi connectivity index (χ1n) is 15.8. The topological polar surface area (TPSA) is 43.9 Å². The van der Waals surface area contributed by atoms with E-state index in [0.717, 1.165) is 81.4 Å². The van der Waals surface area contributed by atoms with Gasteiger partial charge in [-0.1, -0.05) is 115 Å². The van der Waals surface area contributed by atoms with Crippen LogP contribution in [0, 0.1) is 0 Å². The van der Waals surface area contributed by atoms with Gasteiger partial charge < -0.3 is 4.42 Å². The van der Waals surface area contributed by atoms with Gasteiger partial charge in [-0.15, -0.1) is 11.3 Å². The van der Waals surface area contributed by atoms with Crippen molar-refractivity contribution in [2.75, 3.05) is 0 Å². The van der Waals surface area contributed by atoms with Gasteiger partial charge in [-0.05, 0) is 35.0 Å². The molecule has 4 nitrogen and oxygen atoms in total. The molecule has 0 unspecified atom stereocenters. The third-order valence-corrected chi connectivity index (χ3v) is 10.7. The SMILES string of the molecule is c1ccc2cc(-c3nc(-n4c5ccccc5c5c6c7ccccc7oc6c6ccccc6c54)nc4c3sc3ccccc34)ccc2c1. The fourth-order valence-electron chi connectivity index (χ4n) is 7.54. The van der Waals surface area contributed by atoms with Gasteiger partial charge in [0.15, 0.2) is 0 Å². The smallest absolute Gasteiger partial charge is 0.235 e. The molecule has 11 aromatic rings. The number of para-hydroxylation sites is 2. The molecule has 0 saturated heterocycles. The highest BCUT2D eigenvalue weighted by atomic mass is 32.1. The van der Waals surface area contributed by atoms with E-state index in [1.54, 1.807) is 11.3 Å². The van der Waals surface area contributed by atoms with Crippen molar-refractivity contribution in [3.8, 4) is 17.2 Å². The summed E-state index contributed by atoms with van der Waals surface area (Å²) in [5, 5.41) is 10.3. The number of thiophene rings is 1. The second-order valence-corrected chi connectivity index (χ2v) is 13.2. The molecular weight excluding hydrogens is 595 g/mol. The zero-order valence-electron chi connectivity index (χ0n) is 24.9. The molecule has 47 heavy (non-hydrogen) atoms. The molecule has 0 saturated carbocycles. The standard InChI is InChI=1S/C42H23N3OS/c1-2-12-25-23-26(22-21-24(25)11-1)37-41-38(31-17-7-10-20-34(31)47-41)44-42(43-37)45-32-18-8-5-15-29(32)35-36-30-16-6-9-19-33(30)46-40(36)28-14-4-3-13-27(28)39(35)45/h1-23H. The highest BCUT2D eigenvalue weighted by Gasteiger charge is 2.25. The molecule has 0 aliphatic carbocycles. The second-order valence-electron chi connectivity index (χ2n) is 12.1. The number of hydrogen-bond acceptors (Lipinski definition) is 4. The third kappa shape index (κ3) is 3.41. The van der Waals surface area contributed by atoms with Crippen LogP contribution in [0.15, 0.2) is 144 Å². The minimum Gasteiger partial charge on any atom is -0.455 e. The zero-order valence-corrected chi connectivity index (χ0v) is 25.8. The maximum atomic E-state index is 6.61. The summed E-state index contributed by atoms with van der Waals surface area (Å²) < 4.78 is 11.2. The quantitative estimate of drug-likeness (QED) is 0.194. The van der Waals surface area contributed by atoms with Crippen LogP contribution >= 0.6 is 11.3 Å². The Kier molecular flexibility index (Phi) is 4.96. The number of furan rings is 1. The van der Waals surface area contributed by atoms with Gasteiger partial charge >= 0.3 is 0 Å². The minimum atomic E-state index is 0.660. The molecule has 0 amide bonds. The molecule has 5 heteroatoms. The highest BCUT2D eigenvalue weighted by molar-refractivity contribution is 7.26. The van der Waals surface area contributed by atoms with Crippen molar-refractivity contribution in [1.29, 1.82) is 0 Å². The Hall–Kier alpha value is -6.04. The van der Waals surface area contributed by atoms with Crippen molar-refractivity contribution in [3.05, 3.63) is 140 Å². The van der Waals surface area contributed by atoms with E-state index in [9.17, 15) is 0 Å². The summed E-state index contributed by atoms with van der Waals surface area (Å²) in [6.07, 6.45) is 0. The van der Waals surface area contributed by atoms with Crippen LogP contribution in [0.5, 0.6) is 0 Å². The van der Waals surface area contributed by atoms with Crippen molar-refractivity contribution in [2.24, 2.45) is 0 Å². The molecular formula is C42H23N3OS. The summed E-state index contributed by atoms with van der Waals surface area (Å²) in [5.74, 6) is 0.660. The minimum absolute atomic E-state index is 0.660. The Balaban J connectivity index is 1.35. The first-order valence-corrected chi connectivity index (χ1v) is 16.6. The van der Waals surface area contributed by atoms with E-state index >= 15 is 0 Å². The predicted molar refractivity (Wildman–Crippen MR) is 197 cm³/mol. The van der Waals surface area contributed by atoms with Crippen molar-refractivity contribution in [1.82, 2.24) is 14.5 Å². The summed E-state index contributed by atoms with van der Waals surface area (Å²) in [5.41, 5.74) is 6.95. The molecule has 0 spiro atoms. The van der Waals surface area contributed by atoms with E-state index in [-0.39, 0.29) is 0 Å². The van der Waals surface area contributed by atoms with Gasteiger partial charge in [-0.2, -0.15) is 0 Å². The number of fused-ring (bicyclic) bond motifs is 14. The Bertz CT molecular complexity index is 3090. The van der Waals surface area contributed by atoms with E-state index in [2.05, 4.69) is 138 Å². The molecule has 4 heterocycles. The summed E-state index contributed by atoms with van der Waals surface area (Å²) >= 11 is 1.76. The Morgan fingerprint density at radius 1 is 0.553 bits per heavy atom. The van der Waals surface area contributed by atoms with Crippen LogP contribution in [-0.2, 0) is 0 Å². The molecule has 0 atom stereocenters. The van der Waals surface area contributed by atoms with Crippen molar-refractivity contribution >= 4 is 96.9 Å². The molecule has 0 fully saturated rings. The zero-order chi connectivity index (χ0) is 30.6. The lowest BCUT2D eigenvalue weighted by atomic mass is 9.99. The van der Waals surface area contributed by atoms with Crippen LogP contribution in [0.2, 0.25) is 0 Å². The second kappa shape index (κ2) is 9.25. The van der Waals surface area contributed by atoms with Gasteiger partial charge in [-0.25, -0.2) is 9.97 Å². The fourth-order valence-corrected chi connectivity index (χ4v) is 8.69. The monoisotopic (exact) mass is 617 g/mol. The third-order valence-electron chi connectivity index (χ3n) is 9.58. The van der Waals surface area contributed by atoms with Gasteiger partial charge in [0.05, 0.1) is 26.9 Å². The average molecular weight is 618 g/mol. The lowest BCUT2D eigenvalue weighted by Crippen LogP contribution is -2.03. The summed E-state index contributed by atoms with van der Waals surface area (Å²) in [6, 6.07) is 49.2. The molecule has 7 aromatic carbocycles. The van der Waals surface area contributed by atoms with Gasteiger partial charge in [0.1, 0.15) is 11.2 Å². The van der Waals surface area contributed by atoms with Crippen molar-refractivity contribution < 1.29 is 4.42 Å². The Labute approximate surface area is 271 Å². The van der Waals surface area contributed by atoms with Crippen LogP contribution in [0.4, 0.5) is 0 Å². The van der Waals surface area contributed by atoms with Gasteiger partial charge in [0, 0.05) is 48.0 Å². The van der Waals surface area contributed by atoms with E-state index < -0.39 is 0 Å². The average Bonchev–Trinajstić information content (AvgIpc) is 3.81. The van der Waals surface area contributed by atoms with Crippen LogP contribution in [0.25, 0.3) is 103 Å². The largest absolute Gasteiger partial charge is 0.455 e. The van der Waals surface area contributed by atoms with Gasteiger partial charge in [0.2, 0.25) is 5.95 Å². The van der Waals surface area contributed by atoms with Gasteiger partial charge in [-0.3, -0.25) is 4.57 Å². The molecule has 0 radical (unpaired) electrons. The van der Waals surface area contributed by atoms with Crippen LogP contribution in [0.3, 0.4) is 0 Å². The summed E-state index contributed by atoms with van der Waals surface area (Å²) in [4.78, 5) is 10.9. The first kappa shape index (κ1) is 25.2. The predicted octanol–water partition coefficient (Wildman–Crippen LogP) is 11.8. The lowest BCUT2D eigenvalue weighted by molar-refractivity contribution is 0.673. The highest BCUT2D eigenvalue weighted by Crippen LogP contribution is 2.46. The van der Waals surface area contributed by atoms with E-state index in [4.69, 9.17) is 14.4 Å². The summed E-state index contributed by atoms with van der Waals surface area (Å²) in [7, 11) is 0.